The number of amides is 3. The van der Waals surface area contributed by atoms with E-state index in [9.17, 15) is 14.4 Å². The Morgan fingerprint density at radius 1 is 1.09 bits per heavy atom. The van der Waals surface area contributed by atoms with Crippen LogP contribution < -0.4 is 20.1 Å². The van der Waals surface area contributed by atoms with Crippen LogP contribution in [0.1, 0.15) is 6.42 Å². The predicted octanol–water partition coefficient (Wildman–Crippen LogP) is -1.32. The van der Waals surface area contributed by atoms with Crippen molar-refractivity contribution in [1.29, 1.82) is 0 Å². The standard InChI is InChI=1S/C21H29N5O6/c27-10-9-24-5-7-25(8-6-24)13-20(29)26-4-3-22-21(30)16(26)12-19(28)23-15-1-2-17-18(11-15)32-14-31-17/h1-2,11,16,27H,3-10,12-14H2,(H,22,30)(H,23,28). The van der Waals surface area contributed by atoms with E-state index in [-0.39, 0.29) is 44.1 Å². The van der Waals surface area contributed by atoms with Gasteiger partial charge >= 0.3 is 0 Å². The van der Waals surface area contributed by atoms with Crippen molar-refractivity contribution in [2.24, 2.45) is 0 Å². The third-order valence-electron chi connectivity index (χ3n) is 5.93. The highest BCUT2D eigenvalue weighted by Crippen LogP contribution is 2.34. The van der Waals surface area contributed by atoms with E-state index in [1.165, 1.54) is 4.90 Å². The first-order chi connectivity index (χ1) is 15.5. The average Bonchev–Trinajstić information content (AvgIpc) is 3.24. The number of aliphatic hydroxyl groups is 1. The summed E-state index contributed by atoms with van der Waals surface area (Å²) in [6.45, 7) is 4.87. The first-order valence-electron chi connectivity index (χ1n) is 10.9. The van der Waals surface area contributed by atoms with Gasteiger partial charge in [0, 0.05) is 57.6 Å². The van der Waals surface area contributed by atoms with Crippen molar-refractivity contribution in [1.82, 2.24) is 20.0 Å². The van der Waals surface area contributed by atoms with E-state index in [1.807, 2.05) is 4.90 Å². The molecule has 11 heteroatoms. The largest absolute Gasteiger partial charge is 0.454 e. The number of anilines is 1. The molecule has 1 aromatic rings. The molecule has 4 rings (SSSR count). The number of benzene rings is 1. The molecule has 11 nitrogen and oxygen atoms in total. The van der Waals surface area contributed by atoms with E-state index in [0.29, 0.717) is 36.8 Å². The van der Waals surface area contributed by atoms with Crippen LogP contribution in [0.5, 0.6) is 11.5 Å². The number of piperazine rings is 2. The van der Waals surface area contributed by atoms with Gasteiger partial charge in [0.25, 0.3) is 0 Å². The van der Waals surface area contributed by atoms with Crippen molar-refractivity contribution in [3.05, 3.63) is 18.2 Å². The van der Waals surface area contributed by atoms with Crippen LogP contribution >= 0.6 is 0 Å². The fraction of sp³-hybridized carbons (Fsp3) is 0.571. The number of nitrogens with zero attached hydrogens (tertiary/aromatic N) is 3. The van der Waals surface area contributed by atoms with Gasteiger partial charge < -0.3 is 30.1 Å². The number of fused-ring (bicyclic) bond motifs is 1. The summed E-state index contributed by atoms with van der Waals surface area (Å²) in [6, 6.07) is 4.23. The minimum absolute atomic E-state index is 0.123. The molecule has 0 aliphatic carbocycles. The molecule has 0 saturated carbocycles. The number of hydrogen-bond donors (Lipinski definition) is 3. The lowest BCUT2D eigenvalue weighted by atomic mass is 10.1. The highest BCUT2D eigenvalue weighted by Gasteiger charge is 2.35. The topological polar surface area (TPSA) is 124 Å². The summed E-state index contributed by atoms with van der Waals surface area (Å²) in [4.78, 5) is 43.8. The summed E-state index contributed by atoms with van der Waals surface area (Å²) < 4.78 is 10.6. The molecule has 3 N–H and O–H groups in total. The second kappa shape index (κ2) is 10.2. The quantitative estimate of drug-likeness (QED) is 0.470. The number of carbonyl (C=O) groups excluding carboxylic acids is 3. The van der Waals surface area contributed by atoms with Crippen LogP contribution in [0.25, 0.3) is 0 Å². The number of aliphatic hydroxyl groups excluding tert-OH is 1. The smallest absolute Gasteiger partial charge is 0.243 e. The Labute approximate surface area is 186 Å². The number of nitrogens with one attached hydrogen (secondary N) is 2. The van der Waals surface area contributed by atoms with Gasteiger partial charge in [-0.15, -0.1) is 0 Å². The lowest BCUT2D eigenvalue weighted by molar-refractivity contribution is -0.145. The maximum atomic E-state index is 13.0. The maximum absolute atomic E-state index is 13.0. The van der Waals surface area contributed by atoms with Gasteiger partial charge in [-0.2, -0.15) is 0 Å². The fourth-order valence-electron chi connectivity index (χ4n) is 4.17. The molecular formula is C21H29N5O6. The van der Waals surface area contributed by atoms with Crippen molar-refractivity contribution in [3.63, 3.8) is 0 Å². The Morgan fingerprint density at radius 2 is 1.84 bits per heavy atom. The number of ether oxygens (including phenoxy) is 2. The summed E-state index contributed by atoms with van der Waals surface area (Å²) in [5, 5.41) is 14.6. The summed E-state index contributed by atoms with van der Waals surface area (Å²) in [6.07, 6.45) is -0.129. The van der Waals surface area contributed by atoms with Gasteiger partial charge in [0.1, 0.15) is 6.04 Å². The highest BCUT2D eigenvalue weighted by atomic mass is 16.7. The van der Waals surface area contributed by atoms with Crippen molar-refractivity contribution < 1.29 is 29.0 Å². The average molecular weight is 447 g/mol. The molecule has 174 valence electrons. The van der Waals surface area contributed by atoms with E-state index >= 15 is 0 Å². The molecule has 1 unspecified atom stereocenters. The molecule has 32 heavy (non-hydrogen) atoms. The SMILES string of the molecule is O=C(CC1C(=O)NCCN1C(=O)CN1CCN(CCO)CC1)Nc1ccc2c(c1)OCO2. The zero-order valence-corrected chi connectivity index (χ0v) is 17.9. The van der Waals surface area contributed by atoms with Gasteiger partial charge in [0.15, 0.2) is 11.5 Å². The van der Waals surface area contributed by atoms with E-state index < -0.39 is 6.04 Å². The molecule has 1 aromatic carbocycles. The lowest BCUT2D eigenvalue weighted by Gasteiger charge is -2.38. The van der Waals surface area contributed by atoms with E-state index in [0.717, 1.165) is 26.2 Å². The monoisotopic (exact) mass is 447 g/mol. The van der Waals surface area contributed by atoms with E-state index in [4.69, 9.17) is 14.6 Å². The van der Waals surface area contributed by atoms with E-state index in [2.05, 4.69) is 15.5 Å². The van der Waals surface area contributed by atoms with Crippen LogP contribution in [-0.4, -0.2) is 109 Å². The zero-order chi connectivity index (χ0) is 22.5. The first-order valence-corrected chi connectivity index (χ1v) is 10.9. The van der Waals surface area contributed by atoms with Gasteiger partial charge in [0.2, 0.25) is 24.5 Å². The Kier molecular flexibility index (Phi) is 7.08. The van der Waals surface area contributed by atoms with E-state index in [1.54, 1.807) is 18.2 Å². The van der Waals surface area contributed by atoms with Crippen LogP contribution in [0.2, 0.25) is 0 Å². The minimum atomic E-state index is -0.846. The molecule has 0 aromatic heterocycles. The summed E-state index contributed by atoms with van der Waals surface area (Å²) in [5.41, 5.74) is 0.536. The second-order valence-corrected chi connectivity index (χ2v) is 8.06. The Bertz CT molecular complexity index is 857. The zero-order valence-electron chi connectivity index (χ0n) is 17.9. The van der Waals surface area contributed by atoms with Gasteiger partial charge in [-0.3, -0.25) is 24.2 Å². The third kappa shape index (κ3) is 5.29. The van der Waals surface area contributed by atoms with Crippen LogP contribution in [0, 0.1) is 0 Å². The molecule has 0 bridgehead atoms. The number of carbonyl (C=O) groups is 3. The minimum Gasteiger partial charge on any atom is -0.454 e. The van der Waals surface area contributed by atoms with Crippen molar-refractivity contribution in [2.45, 2.75) is 12.5 Å². The van der Waals surface area contributed by atoms with Crippen LogP contribution in [0.3, 0.4) is 0 Å². The molecule has 3 aliphatic heterocycles. The van der Waals surface area contributed by atoms with Crippen LogP contribution in [-0.2, 0) is 14.4 Å². The fourth-order valence-corrected chi connectivity index (χ4v) is 4.17. The van der Waals surface area contributed by atoms with Crippen molar-refractivity contribution in [3.8, 4) is 11.5 Å². The summed E-state index contributed by atoms with van der Waals surface area (Å²) in [7, 11) is 0. The van der Waals surface area contributed by atoms with Crippen molar-refractivity contribution >= 4 is 23.4 Å². The van der Waals surface area contributed by atoms with Gasteiger partial charge in [-0.1, -0.05) is 0 Å². The van der Waals surface area contributed by atoms with Gasteiger partial charge in [-0.25, -0.2) is 0 Å². The molecule has 3 heterocycles. The molecule has 2 saturated heterocycles. The Morgan fingerprint density at radius 3 is 2.62 bits per heavy atom. The lowest BCUT2D eigenvalue weighted by Crippen LogP contribution is -2.60. The molecule has 0 spiro atoms. The first kappa shape index (κ1) is 22.3. The van der Waals surface area contributed by atoms with Crippen molar-refractivity contribution in [2.75, 3.05) is 71.1 Å². The summed E-state index contributed by atoms with van der Waals surface area (Å²) >= 11 is 0. The van der Waals surface area contributed by atoms with Gasteiger partial charge in [0.05, 0.1) is 19.6 Å². The Hall–Kier alpha value is -2.89. The molecule has 0 radical (unpaired) electrons. The number of β-amino-alcohol motifs (C(OH)–C–C–N with tert-alkyl or cyclic N) is 1. The maximum Gasteiger partial charge on any atom is 0.243 e. The summed E-state index contributed by atoms with van der Waals surface area (Å²) in [5.74, 6) is 0.327. The van der Waals surface area contributed by atoms with Gasteiger partial charge in [-0.05, 0) is 12.1 Å². The highest BCUT2D eigenvalue weighted by molar-refractivity contribution is 5.97. The van der Waals surface area contributed by atoms with Crippen LogP contribution in [0.4, 0.5) is 5.69 Å². The normalized spacial score (nSPS) is 21.3. The predicted molar refractivity (Wildman–Crippen MR) is 114 cm³/mol. The van der Waals surface area contributed by atoms with Crippen LogP contribution in [0.15, 0.2) is 18.2 Å². The molecule has 2 fully saturated rings. The molecule has 3 amide bonds. The molecular weight excluding hydrogens is 418 g/mol. The number of hydrogen-bond acceptors (Lipinski definition) is 8. The second-order valence-electron chi connectivity index (χ2n) is 8.06. The molecule has 1 atom stereocenters. The molecule has 3 aliphatic rings. The third-order valence-corrected chi connectivity index (χ3v) is 5.93. The Balaban J connectivity index is 1.33. The number of rotatable bonds is 7.